The lowest BCUT2D eigenvalue weighted by molar-refractivity contribution is 0.381. The molecule has 19 heavy (non-hydrogen) atoms. The number of hydrogen-bond donors (Lipinski definition) is 2. The van der Waals surface area contributed by atoms with E-state index in [1.165, 1.54) is 4.98 Å². The molecule has 1 aromatic heterocycles. The number of H-pyrrole nitrogens is 1. The first-order chi connectivity index (χ1) is 8.82. The Morgan fingerprint density at radius 3 is 2.21 bits per heavy atom. The van der Waals surface area contributed by atoms with Gasteiger partial charge in [0.05, 0.1) is 0 Å². The van der Waals surface area contributed by atoms with Gasteiger partial charge in [-0.2, -0.15) is 4.39 Å². The third-order valence-electron chi connectivity index (χ3n) is 2.24. The van der Waals surface area contributed by atoms with E-state index < -0.39 is 40.3 Å². The van der Waals surface area contributed by atoms with E-state index in [-0.39, 0.29) is 9.04 Å². The summed E-state index contributed by atoms with van der Waals surface area (Å²) in [6.07, 6.45) is 0. The zero-order chi connectivity index (χ0) is 14.3. The zero-order valence-corrected chi connectivity index (χ0v) is 10.5. The molecule has 2 rings (SSSR count). The van der Waals surface area contributed by atoms with Crippen LogP contribution in [0.5, 0.6) is 5.88 Å². The van der Waals surface area contributed by atoms with Gasteiger partial charge in [-0.15, -0.1) is 0 Å². The molecule has 100 valence electrons. The average molecular weight is 337 g/mol. The fourth-order valence-electron chi connectivity index (χ4n) is 1.46. The summed E-state index contributed by atoms with van der Waals surface area (Å²) in [7, 11) is 0. The molecule has 1 aromatic carbocycles. The van der Waals surface area contributed by atoms with Crippen molar-refractivity contribution in [2.45, 2.75) is 0 Å². The van der Waals surface area contributed by atoms with Gasteiger partial charge in [0.1, 0.15) is 5.69 Å². The van der Waals surface area contributed by atoms with Gasteiger partial charge in [-0.1, -0.05) is 15.9 Å². The van der Waals surface area contributed by atoms with E-state index in [0.717, 1.165) is 12.1 Å². The summed E-state index contributed by atoms with van der Waals surface area (Å²) in [5.74, 6) is -5.65. The molecule has 2 aromatic rings. The van der Waals surface area contributed by atoms with Crippen LogP contribution in [0, 0.1) is 17.5 Å². The molecule has 0 unspecified atom stereocenters. The molecule has 0 atom stereocenters. The summed E-state index contributed by atoms with van der Waals surface area (Å²) in [6.45, 7) is 0. The van der Waals surface area contributed by atoms with E-state index in [2.05, 4.69) is 15.9 Å². The second-order valence-corrected chi connectivity index (χ2v) is 4.37. The highest BCUT2D eigenvalue weighted by atomic mass is 79.9. The lowest BCUT2D eigenvalue weighted by Crippen LogP contribution is -2.31. The standard InChI is InChI=1S/C10H4BrF3N2O3/c11-3-1-4(12)7(5(13)2-3)16-9(18)6(14)8(17)15-10(16)19/h1-2,18H,(H,15,17,19). The van der Waals surface area contributed by atoms with Gasteiger partial charge in [0.15, 0.2) is 11.6 Å². The fraction of sp³-hybridized carbons (Fsp3) is 0. The monoisotopic (exact) mass is 336 g/mol. The molecule has 9 heteroatoms. The zero-order valence-electron chi connectivity index (χ0n) is 8.88. The molecular weight excluding hydrogens is 333 g/mol. The van der Waals surface area contributed by atoms with Gasteiger partial charge in [0.25, 0.3) is 5.56 Å². The highest BCUT2D eigenvalue weighted by Gasteiger charge is 2.21. The number of aromatic amines is 1. The van der Waals surface area contributed by atoms with Crippen LogP contribution in [-0.2, 0) is 0 Å². The quantitative estimate of drug-likeness (QED) is 0.826. The van der Waals surface area contributed by atoms with Gasteiger partial charge in [0, 0.05) is 4.47 Å². The van der Waals surface area contributed by atoms with Crippen molar-refractivity contribution >= 4 is 15.9 Å². The van der Waals surface area contributed by atoms with Gasteiger partial charge in [-0.25, -0.2) is 18.1 Å². The van der Waals surface area contributed by atoms with Crippen LogP contribution >= 0.6 is 15.9 Å². The second-order valence-electron chi connectivity index (χ2n) is 3.45. The average Bonchev–Trinajstić information content (AvgIpc) is 2.29. The summed E-state index contributed by atoms with van der Waals surface area (Å²) in [4.78, 5) is 23.8. The van der Waals surface area contributed by atoms with Gasteiger partial charge in [-0.05, 0) is 12.1 Å². The van der Waals surface area contributed by atoms with Crippen LogP contribution in [0.2, 0.25) is 0 Å². The van der Waals surface area contributed by atoms with E-state index in [0.29, 0.717) is 0 Å². The molecule has 0 aliphatic carbocycles. The number of benzene rings is 1. The van der Waals surface area contributed by atoms with Gasteiger partial charge in [-0.3, -0.25) is 9.78 Å². The lowest BCUT2D eigenvalue weighted by atomic mass is 10.3. The molecule has 0 amide bonds. The Labute approximate surface area is 111 Å². The molecule has 0 saturated carbocycles. The van der Waals surface area contributed by atoms with Crippen molar-refractivity contribution in [1.29, 1.82) is 0 Å². The Hall–Kier alpha value is -2.03. The predicted octanol–water partition coefficient (Wildman–Crippen LogP) is 1.41. The van der Waals surface area contributed by atoms with Crippen LogP contribution in [0.1, 0.15) is 0 Å². The molecule has 5 nitrogen and oxygen atoms in total. The third kappa shape index (κ3) is 2.16. The van der Waals surface area contributed by atoms with E-state index in [1.807, 2.05) is 0 Å². The van der Waals surface area contributed by atoms with E-state index >= 15 is 0 Å². The molecule has 0 aliphatic rings. The minimum absolute atomic E-state index is 0.00611. The Morgan fingerprint density at radius 2 is 1.68 bits per heavy atom. The predicted molar refractivity (Wildman–Crippen MR) is 61.9 cm³/mol. The van der Waals surface area contributed by atoms with Crippen molar-refractivity contribution in [3.8, 4) is 11.6 Å². The summed E-state index contributed by atoms with van der Waals surface area (Å²) < 4.78 is 40.5. The van der Waals surface area contributed by atoms with Crippen molar-refractivity contribution < 1.29 is 18.3 Å². The van der Waals surface area contributed by atoms with Crippen LogP contribution in [0.4, 0.5) is 13.2 Å². The molecule has 0 spiro atoms. The number of halogens is 4. The minimum Gasteiger partial charge on any atom is -0.492 e. The first kappa shape index (κ1) is 13.4. The number of hydrogen-bond acceptors (Lipinski definition) is 3. The fourth-order valence-corrected chi connectivity index (χ4v) is 1.86. The maximum absolute atomic E-state index is 13.6. The van der Waals surface area contributed by atoms with Crippen molar-refractivity contribution in [2.24, 2.45) is 0 Å². The Morgan fingerprint density at radius 1 is 1.16 bits per heavy atom. The Kier molecular flexibility index (Phi) is 3.23. The molecule has 0 saturated heterocycles. The highest BCUT2D eigenvalue weighted by Crippen LogP contribution is 2.24. The smallest absolute Gasteiger partial charge is 0.336 e. The normalized spacial score (nSPS) is 10.7. The third-order valence-corrected chi connectivity index (χ3v) is 2.69. The summed E-state index contributed by atoms with van der Waals surface area (Å²) in [5, 5.41) is 9.35. The van der Waals surface area contributed by atoms with Crippen molar-refractivity contribution in [3.05, 3.63) is 54.9 Å². The van der Waals surface area contributed by atoms with Gasteiger partial charge >= 0.3 is 5.69 Å². The SMILES string of the molecule is O=c1[nH]c(=O)n(-c2c(F)cc(Br)cc2F)c(O)c1F. The maximum Gasteiger partial charge on any atom is 0.336 e. The van der Waals surface area contributed by atoms with Crippen LogP contribution < -0.4 is 11.2 Å². The molecule has 0 fully saturated rings. The highest BCUT2D eigenvalue weighted by molar-refractivity contribution is 9.10. The number of aromatic hydroxyl groups is 1. The second kappa shape index (κ2) is 4.57. The maximum atomic E-state index is 13.6. The van der Waals surface area contributed by atoms with Gasteiger partial charge < -0.3 is 5.11 Å². The van der Waals surface area contributed by atoms with Crippen LogP contribution in [0.15, 0.2) is 26.2 Å². The first-order valence-electron chi connectivity index (χ1n) is 4.71. The van der Waals surface area contributed by atoms with Crippen molar-refractivity contribution in [2.75, 3.05) is 0 Å². The molecule has 1 heterocycles. The number of rotatable bonds is 1. The minimum atomic E-state index is -1.72. The molecule has 0 bridgehead atoms. The molecule has 2 N–H and O–H groups in total. The van der Waals surface area contributed by atoms with Crippen LogP contribution in [0.3, 0.4) is 0 Å². The van der Waals surface area contributed by atoms with Crippen molar-refractivity contribution in [3.63, 3.8) is 0 Å². The molecular formula is C10H4BrF3N2O3. The summed E-state index contributed by atoms with van der Waals surface area (Å²) >= 11 is 2.82. The van der Waals surface area contributed by atoms with Crippen LogP contribution in [0.25, 0.3) is 5.69 Å². The largest absolute Gasteiger partial charge is 0.492 e. The number of aromatic nitrogens is 2. The summed E-state index contributed by atoms with van der Waals surface area (Å²) in [6, 6.07) is 1.63. The molecule has 0 radical (unpaired) electrons. The topological polar surface area (TPSA) is 75.1 Å². The van der Waals surface area contributed by atoms with E-state index in [9.17, 15) is 27.9 Å². The number of nitrogens with one attached hydrogen (secondary N) is 1. The number of nitrogens with zero attached hydrogens (tertiary/aromatic N) is 1. The van der Waals surface area contributed by atoms with E-state index in [1.54, 1.807) is 0 Å². The first-order valence-corrected chi connectivity index (χ1v) is 5.51. The Bertz CT molecular complexity index is 762. The van der Waals surface area contributed by atoms with Crippen LogP contribution in [-0.4, -0.2) is 14.7 Å². The Balaban J connectivity index is 2.92. The summed E-state index contributed by atoms with van der Waals surface area (Å²) in [5.41, 5.74) is -3.86. The lowest BCUT2D eigenvalue weighted by Gasteiger charge is -2.10. The molecule has 0 aliphatic heterocycles. The van der Waals surface area contributed by atoms with E-state index in [4.69, 9.17) is 0 Å². The van der Waals surface area contributed by atoms with Crippen molar-refractivity contribution in [1.82, 2.24) is 9.55 Å². The van der Waals surface area contributed by atoms with Gasteiger partial charge in [0.2, 0.25) is 11.7 Å².